The van der Waals surface area contributed by atoms with Gasteiger partial charge in [-0.15, -0.1) is 0 Å². The van der Waals surface area contributed by atoms with Gasteiger partial charge in [-0.1, -0.05) is 36.1 Å². The van der Waals surface area contributed by atoms with Crippen molar-refractivity contribution >= 4 is 17.3 Å². The molecule has 3 aromatic rings. The van der Waals surface area contributed by atoms with Gasteiger partial charge in [-0.2, -0.15) is 0 Å². The van der Waals surface area contributed by atoms with E-state index in [9.17, 15) is 4.79 Å². The minimum atomic E-state index is -0.114. The number of hydrogen-bond acceptors (Lipinski definition) is 8. The van der Waals surface area contributed by atoms with Crippen molar-refractivity contribution in [1.82, 2.24) is 19.9 Å². The number of ketones is 1. The molecule has 0 bridgehead atoms. The van der Waals surface area contributed by atoms with Crippen molar-refractivity contribution in [3.05, 3.63) is 71.8 Å². The molecule has 0 radical (unpaired) electrons. The smallest absolute Gasteiger partial charge is 0.233 e. The first kappa shape index (κ1) is 22.7. The molecule has 8 heteroatoms. The number of pyridine rings is 1. The lowest BCUT2D eigenvalue weighted by molar-refractivity contribution is 0.0987. The van der Waals surface area contributed by atoms with Crippen LogP contribution in [0.1, 0.15) is 21.6 Å². The zero-order chi connectivity index (χ0) is 22.8. The van der Waals surface area contributed by atoms with Crippen LogP contribution in [0.25, 0.3) is 0 Å². The molecule has 0 spiro atoms. The van der Waals surface area contributed by atoms with Crippen LogP contribution in [0.2, 0.25) is 0 Å². The van der Waals surface area contributed by atoms with Crippen molar-refractivity contribution in [3.63, 3.8) is 0 Å². The van der Waals surface area contributed by atoms with Gasteiger partial charge in [-0.3, -0.25) is 9.69 Å². The number of aromatic nitrogens is 3. The summed E-state index contributed by atoms with van der Waals surface area (Å²) in [6, 6.07) is 11.5. The molecule has 8 nitrogen and oxygen atoms in total. The fourth-order valence-electron chi connectivity index (χ4n) is 2.80. The van der Waals surface area contributed by atoms with Gasteiger partial charge in [0.1, 0.15) is 11.5 Å². The standard InChI is InChI=1S/C24H26N6O2/c1-30(2)11-3-4-12-32-23-17-28-21(16-29-23)22(31)14-18-7-5-8-19(13-18)15-27-20-9-6-10-26-24(20)25/h5-10,13,16-17,27H,11-12,14-15H2,1-2H3,(H2,25,26). The van der Waals surface area contributed by atoms with E-state index in [1.165, 1.54) is 12.4 Å². The van der Waals surface area contributed by atoms with Crippen molar-refractivity contribution in [1.29, 1.82) is 0 Å². The van der Waals surface area contributed by atoms with Crippen LogP contribution in [0.4, 0.5) is 11.5 Å². The minimum Gasteiger partial charge on any atom is -0.463 e. The minimum absolute atomic E-state index is 0.114. The summed E-state index contributed by atoms with van der Waals surface area (Å²) in [6.07, 6.45) is 4.75. The molecule has 3 N–H and O–H groups in total. The number of nitrogens with zero attached hydrogens (tertiary/aromatic N) is 4. The third kappa shape index (κ3) is 7.07. The number of hydrogen-bond donors (Lipinski definition) is 2. The second kappa shape index (κ2) is 11.4. The number of carbonyl (C=O) groups is 1. The molecule has 3 rings (SSSR count). The quantitative estimate of drug-likeness (QED) is 0.394. The highest BCUT2D eigenvalue weighted by Crippen LogP contribution is 2.16. The van der Waals surface area contributed by atoms with Crippen molar-refractivity contribution in [3.8, 4) is 17.7 Å². The van der Waals surface area contributed by atoms with E-state index in [1.54, 1.807) is 6.20 Å². The highest BCUT2D eigenvalue weighted by atomic mass is 16.5. The zero-order valence-electron chi connectivity index (χ0n) is 18.2. The van der Waals surface area contributed by atoms with Crippen molar-refractivity contribution in [2.75, 3.05) is 38.3 Å². The lowest BCUT2D eigenvalue weighted by Crippen LogP contribution is -2.11. The van der Waals surface area contributed by atoms with Gasteiger partial charge in [0, 0.05) is 19.2 Å². The predicted octanol–water partition coefficient (Wildman–Crippen LogP) is 2.44. The molecule has 2 heterocycles. The Morgan fingerprint density at radius 2 is 1.94 bits per heavy atom. The number of Topliss-reactive ketones (excluding diaryl/α,β-unsaturated/α-hetero) is 1. The molecule has 0 amide bonds. The summed E-state index contributed by atoms with van der Waals surface area (Å²) >= 11 is 0. The molecule has 32 heavy (non-hydrogen) atoms. The molecule has 164 valence electrons. The monoisotopic (exact) mass is 430 g/mol. The number of anilines is 2. The summed E-state index contributed by atoms with van der Waals surface area (Å²) in [5.41, 5.74) is 8.85. The second-order valence-electron chi connectivity index (χ2n) is 7.33. The average Bonchev–Trinajstić information content (AvgIpc) is 2.79. The Hall–Kier alpha value is -3.96. The van der Waals surface area contributed by atoms with Gasteiger partial charge in [0.15, 0.2) is 12.4 Å². The summed E-state index contributed by atoms with van der Waals surface area (Å²) in [7, 11) is 3.89. The van der Waals surface area contributed by atoms with Crippen molar-refractivity contribution in [2.45, 2.75) is 13.0 Å². The maximum Gasteiger partial charge on any atom is 0.233 e. The maximum absolute atomic E-state index is 12.6. The Bertz CT molecular complexity index is 1100. The number of benzene rings is 1. The van der Waals surface area contributed by atoms with E-state index in [0.717, 1.165) is 16.8 Å². The van der Waals surface area contributed by atoms with E-state index in [-0.39, 0.29) is 18.8 Å². The van der Waals surface area contributed by atoms with Crippen molar-refractivity contribution in [2.24, 2.45) is 0 Å². The molecule has 0 unspecified atom stereocenters. The van der Waals surface area contributed by atoms with Crippen LogP contribution in [0, 0.1) is 11.8 Å². The number of nitrogens with one attached hydrogen (secondary N) is 1. The Morgan fingerprint density at radius 1 is 1.09 bits per heavy atom. The Kier molecular flexibility index (Phi) is 8.12. The van der Waals surface area contributed by atoms with E-state index in [4.69, 9.17) is 10.5 Å². The maximum atomic E-state index is 12.6. The fraction of sp³-hybridized carbons (Fsp3) is 0.250. The first-order valence-corrected chi connectivity index (χ1v) is 10.1. The molecule has 0 saturated heterocycles. The number of rotatable bonds is 9. The highest BCUT2D eigenvalue weighted by Gasteiger charge is 2.10. The van der Waals surface area contributed by atoms with Gasteiger partial charge in [0.05, 0.1) is 24.6 Å². The summed E-state index contributed by atoms with van der Waals surface area (Å²) in [6.45, 7) is 1.46. The van der Waals surface area contributed by atoms with Crippen LogP contribution in [0.3, 0.4) is 0 Å². The van der Waals surface area contributed by atoms with Crippen LogP contribution in [-0.2, 0) is 13.0 Å². The molecule has 0 aliphatic carbocycles. The number of ether oxygens (including phenoxy) is 1. The van der Waals surface area contributed by atoms with Gasteiger partial charge in [-0.05, 0) is 37.4 Å². The molecule has 0 atom stereocenters. The lowest BCUT2D eigenvalue weighted by atomic mass is 10.0. The third-order valence-corrected chi connectivity index (χ3v) is 4.40. The lowest BCUT2D eigenvalue weighted by Gasteiger charge is -2.09. The largest absolute Gasteiger partial charge is 0.463 e. The third-order valence-electron chi connectivity index (χ3n) is 4.40. The molecule has 0 aliphatic heterocycles. The van der Waals surface area contributed by atoms with E-state index in [2.05, 4.69) is 32.1 Å². The predicted molar refractivity (Wildman–Crippen MR) is 124 cm³/mol. The van der Waals surface area contributed by atoms with Gasteiger partial charge in [0.2, 0.25) is 5.88 Å². The molecule has 0 saturated carbocycles. The molecular formula is C24H26N6O2. The molecular weight excluding hydrogens is 404 g/mol. The molecule has 1 aromatic carbocycles. The van der Waals surface area contributed by atoms with Crippen LogP contribution >= 0.6 is 0 Å². The molecule has 0 aliphatic rings. The van der Waals surface area contributed by atoms with Crippen molar-refractivity contribution < 1.29 is 9.53 Å². The van der Waals surface area contributed by atoms with Crippen LogP contribution < -0.4 is 15.8 Å². The topological polar surface area (TPSA) is 106 Å². The highest BCUT2D eigenvalue weighted by molar-refractivity contribution is 5.95. The second-order valence-corrected chi connectivity index (χ2v) is 7.33. The summed E-state index contributed by atoms with van der Waals surface area (Å²) in [5.74, 6) is 6.54. The average molecular weight is 431 g/mol. The Balaban J connectivity index is 1.53. The van der Waals surface area contributed by atoms with Crippen LogP contribution in [0.5, 0.6) is 5.88 Å². The summed E-state index contributed by atoms with van der Waals surface area (Å²) < 4.78 is 5.43. The van der Waals surface area contributed by atoms with Crippen LogP contribution in [-0.4, -0.2) is 52.9 Å². The SMILES string of the molecule is CN(C)CC#CCOc1cnc(C(=O)Cc2cccc(CNc3cccnc3N)c2)cn1. The van der Waals surface area contributed by atoms with Gasteiger partial charge < -0.3 is 15.8 Å². The Labute approximate surface area is 187 Å². The van der Waals surface area contributed by atoms with E-state index in [0.29, 0.717) is 30.5 Å². The first-order chi connectivity index (χ1) is 15.5. The van der Waals surface area contributed by atoms with Crippen LogP contribution in [0.15, 0.2) is 55.0 Å². The van der Waals surface area contributed by atoms with Gasteiger partial charge in [-0.25, -0.2) is 15.0 Å². The van der Waals surface area contributed by atoms with E-state index >= 15 is 0 Å². The molecule has 0 fully saturated rings. The van der Waals surface area contributed by atoms with Gasteiger partial charge >= 0.3 is 0 Å². The number of nitrogen functional groups attached to an aromatic ring is 1. The van der Waals surface area contributed by atoms with Gasteiger partial charge in [0.25, 0.3) is 0 Å². The summed E-state index contributed by atoms with van der Waals surface area (Å²) in [4.78, 5) is 27.0. The van der Waals surface area contributed by atoms with E-state index < -0.39 is 0 Å². The fourth-order valence-corrected chi connectivity index (χ4v) is 2.80. The first-order valence-electron chi connectivity index (χ1n) is 10.1. The number of carbonyl (C=O) groups excluding carboxylic acids is 1. The molecule has 2 aromatic heterocycles. The summed E-state index contributed by atoms with van der Waals surface area (Å²) in [5, 5.41) is 3.26. The normalized spacial score (nSPS) is 10.3. The Morgan fingerprint density at radius 3 is 2.69 bits per heavy atom. The van der Waals surface area contributed by atoms with E-state index in [1.807, 2.05) is 55.4 Å². The zero-order valence-corrected chi connectivity index (χ0v) is 18.2. The number of nitrogens with two attached hydrogens (primary N) is 1.